The lowest BCUT2D eigenvalue weighted by Crippen LogP contribution is -1.99. The molecule has 3 nitrogen and oxygen atoms in total. The van der Waals surface area contributed by atoms with E-state index < -0.39 is 5.97 Å². The van der Waals surface area contributed by atoms with E-state index in [-0.39, 0.29) is 5.56 Å². The largest absolute Gasteiger partial charge is 0.478 e. The van der Waals surface area contributed by atoms with Gasteiger partial charge in [-0.05, 0) is 18.2 Å². The molecule has 0 fully saturated rings. The van der Waals surface area contributed by atoms with Gasteiger partial charge in [-0.2, -0.15) is 12.6 Å². The number of aromatic carboxylic acids is 1. The highest BCUT2D eigenvalue weighted by Gasteiger charge is 2.04. The van der Waals surface area contributed by atoms with Crippen LogP contribution in [-0.2, 0) is 0 Å². The lowest BCUT2D eigenvalue weighted by Gasteiger charge is -1.99. The molecule has 3 N–H and O–H groups in total. The summed E-state index contributed by atoms with van der Waals surface area (Å²) in [5.74, 6) is 4.97. The van der Waals surface area contributed by atoms with Crippen LogP contribution in [0, 0.1) is 11.8 Å². The molecule has 4 heteroatoms. The molecule has 0 bridgehead atoms. The molecule has 0 unspecified atom stereocenters. The molecule has 0 aliphatic rings. The zero-order valence-electron chi connectivity index (χ0n) is 7.32. The molecular formula is C10H9NO2S. The van der Waals surface area contributed by atoms with E-state index in [1.165, 1.54) is 12.1 Å². The molecule has 0 amide bonds. The number of hydrogen-bond acceptors (Lipinski definition) is 3. The molecule has 0 saturated heterocycles. The van der Waals surface area contributed by atoms with Crippen LogP contribution in [0.5, 0.6) is 0 Å². The van der Waals surface area contributed by atoms with Crippen molar-refractivity contribution in [1.29, 1.82) is 0 Å². The van der Waals surface area contributed by atoms with Crippen molar-refractivity contribution in [3.05, 3.63) is 29.3 Å². The Morgan fingerprint density at radius 3 is 2.79 bits per heavy atom. The van der Waals surface area contributed by atoms with E-state index in [2.05, 4.69) is 24.5 Å². The van der Waals surface area contributed by atoms with E-state index in [0.717, 1.165) is 0 Å². The Hall–Kier alpha value is -1.60. The molecule has 0 radical (unpaired) electrons. The topological polar surface area (TPSA) is 63.3 Å². The van der Waals surface area contributed by atoms with Crippen LogP contribution in [0.4, 0.5) is 5.69 Å². The van der Waals surface area contributed by atoms with Crippen molar-refractivity contribution in [2.75, 3.05) is 11.5 Å². The summed E-state index contributed by atoms with van der Waals surface area (Å²) in [6, 6.07) is 4.46. The summed E-state index contributed by atoms with van der Waals surface area (Å²) >= 11 is 3.93. The molecule has 1 rings (SSSR count). The molecular weight excluding hydrogens is 198 g/mol. The number of hydrogen-bond donors (Lipinski definition) is 3. The molecule has 1 aromatic carbocycles. The summed E-state index contributed by atoms with van der Waals surface area (Å²) in [5, 5.41) is 8.67. The zero-order valence-corrected chi connectivity index (χ0v) is 8.21. The standard InChI is InChI=1S/C10H9NO2S/c11-9-6-8(10(12)13)4-3-7(9)2-1-5-14/h3-4,6,14H,5,11H2,(H,12,13). The van der Waals surface area contributed by atoms with Crippen LogP contribution in [0.25, 0.3) is 0 Å². The summed E-state index contributed by atoms with van der Waals surface area (Å²) in [5.41, 5.74) is 6.78. The predicted octanol–water partition coefficient (Wildman–Crippen LogP) is 1.25. The molecule has 0 heterocycles. The summed E-state index contributed by atoms with van der Waals surface area (Å²) in [6.07, 6.45) is 0. The van der Waals surface area contributed by atoms with Crippen molar-refractivity contribution < 1.29 is 9.90 Å². The molecule has 0 aliphatic heterocycles. The number of anilines is 1. The number of nitrogens with two attached hydrogens (primary N) is 1. The van der Waals surface area contributed by atoms with E-state index in [4.69, 9.17) is 10.8 Å². The summed E-state index contributed by atoms with van der Waals surface area (Å²) in [7, 11) is 0. The average Bonchev–Trinajstić information content (AvgIpc) is 2.15. The molecule has 72 valence electrons. The molecule has 0 aromatic heterocycles. The van der Waals surface area contributed by atoms with Crippen LogP contribution < -0.4 is 5.73 Å². The normalized spacial score (nSPS) is 8.93. The lowest BCUT2D eigenvalue weighted by molar-refractivity contribution is 0.0697. The Kier molecular flexibility index (Phi) is 3.43. The van der Waals surface area contributed by atoms with Crippen LogP contribution in [0.3, 0.4) is 0 Å². The monoisotopic (exact) mass is 207 g/mol. The minimum atomic E-state index is -0.995. The smallest absolute Gasteiger partial charge is 0.335 e. The van der Waals surface area contributed by atoms with Crippen LogP contribution in [0.1, 0.15) is 15.9 Å². The second kappa shape index (κ2) is 4.58. The van der Waals surface area contributed by atoms with Gasteiger partial charge in [-0.25, -0.2) is 4.79 Å². The van der Waals surface area contributed by atoms with Gasteiger partial charge < -0.3 is 10.8 Å². The first-order valence-corrected chi connectivity index (χ1v) is 4.51. The van der Waals surface area contributed by atoms with Gasteiger partial charge in [0, 0.05) is 11.3 Å². The molecule has 1 aromatic rings. The molecule has 0 saturated carbocycles. The number of benzene rings is 1. The molecule has 14 heavy (non-hydrogen) atoms. The molecule has 0 aliphatic carbocycles. The van der Waals surface area contributed by atoms with Crippen molar-refractivity contribution in [2.45, 2.75) is 0 Å². The third-order valence-corrected chi connectivity index (χ3v) is 1.76. The minimum Gasteiger partial charge on any atom is -0.478 e. The van der Waals surface area contributed by atoms with Crippen molar-refractivity contribution in [3.8, 4) is 11.8 Å². The van der Waals surface area contributed by atoms with Crippen LogP contribution >= 0.6 is 12.6 Å². The first kappa shape index (κ1) is 10.5. The van der Waals surface area contributed by atoms with Crippen molar-refractivity contribution in [2.24, 2.45) is 0 Å². The number of carboxylic acids is 1. The number of carboxylic acid groups (broad SMARTS) is 1. The minimum absolute atomic E-state index is 0.166. The molecule has 0 spiro atoms. The van der Waals surface area contributed by atoms with Crippen LogP contribution in [-0.4, -0.2) is 16.8 Å². The van der Waals surface area contributed by atoms with Gasteiger partial charge in [0.2, 0.25) is 0 Å². The van der Waals surface area contributed by atoms with Gasteiger partial charge >= 0.3 is 5.97 Å². The van der Waals surface area contributed by atoms with Gasteiger partial charge in [0.05, 0.1) is 11.3 Å². The summed E-state index contributed by atoms with van der Waals surface area (Å²) in [4.78, 5) is 10.6. The van der Waals surface area contributed by atoms with Crippen LogP contribution in [0.2, 0.25) is 0 Å². The Morgan fingerprint density at radius 1 is 1.57 bits per heavy atom. The maximum Gasteiger partial charge on any atom is 0.335 e. The van der Waals surface area contributed by atoms with Gasteiger partial charge in [-0.15, -0.1) is 0 Å². The van der Waals surface area contributed by atoms with E-state index in [1.807, 2.05) is 0 Å². The van der Waals surface area contributed by atoms with Crippen molar-refractivity contribution in [1.82, 2.24) is 0 Å². The Labute approximate surface area is 87.3 Å². The van der Waals surface area contributed by atoms with Crippen molar-refractivity contribution in [3.63, 3.8) is 0 Å². The Balaban J connectivity index is 3.07. The molecule has 0 atom stereocenters. The zero-order chi connectivity index (χ0) is 10.6. The third-order valence-electron chi connectivity index (χ3n) is 1.60. The van der Waals surface area contributed by atoms with Gasteiger partial charge in [-0.1, -0.05) is 11.8 Å². The fourth-order valence-corrected chi connectivity index (χ4v) is 1.02. The lowest BCUT2D eigenvalue weighted by atomic mass is 10.1. The average molecular weight is 207 g/mol. The quantitative estimate of drug-likeness (QED) is 0.369. The second-order valence-electron chi connectivity index (χ2n) is 2.57. The first-order chi connectivity index (χ1) is 6.65. The predicted molar refractivity (Wildman–Crippen MR) is 58.5 cm³/mol. The summed E-state index contributed by atoms with van der Waals surface area (Å²) < 4.78 is 0. The number of thiol groups is 1. The SMILES string of the molecule is Nc1cc(C(=O)O)ccc1C#CCS. The van der Waals surface area contributed by atoms with E-state index in [1.54, 1.807) is 6.07 Å². The first-order valence-electron chi connectivity index (χ1n) is 3.87. The third kappa shape index (κ3) is 2.44. The Bertz CT molecular complexity index is 418. The fraction of sp³-hybridized carbons (Fsp3) is 0.100. The van der Waals surface area contributed by atoms with Gasteiger partial charge in [0.15, 0.2) is 0 Å². The summed E-state index contributed by atoms with van der Waals surface area (Å²) in [6.45, 7) is 0. The second-order valence-corrected chi connectivity index (χ2v) is 2.88. The van der Waals surface area contributed by atoms with Crippen molar-refractivity contribution >= 4 is 24.3 Å². The highest BCUT2D eigenvalue weighted by atomic mass is 32.1. The van der Waals surface area contributed by atoms with Crippen LogP contribution in [0.15, 0.2) is 18.2 Å². The maximum atomic E-state index is 10.6. The van der Waals surface area contributed by atoms with E-state index >= 15 is 0 Å². The highest BCUT2D eigenvalue weighted by Crippen LogP contribution is 2.13. The highest BCUT2D eigenvalue weighted by molar-refractivity contribution is 7.80. The van der Waals surface area contributed by atoms with E-state index in [0.29, 0.717) is 17.0 Å². The maximum absolute atomic E-state index is 10.6. The van der Waals surface area contributed by atoms with E-state index in [9.17, 15) is 4.79 Å². The number of nitrogen functional groups attached to an aromatic ring is 1. The van der Waals surface area contributed by atoms with Gasteiger partial charge in [0.25, 0.3) is 0 Å². The van der Waals surface area contributed by atoms with Gasteiger partial charge in [-0.3, -0.25) is 0 Å². The Morgan fingerprint density at radius 2 is 2.29 bits per heavy atom. The van der Waals surface area contributed by atoms with Gasteiger partial charge in [0.1, 0.15) is 0 Å². The fourth-order valence-electron chi connectivity index (χ4n) is 0.944. The number of rotatable bonds is 1. The number of carbonyl (C=O) groups is 1.